The Kier molecular flexibility index (Phi) is 7.20. The van der Waals surface area contributed by atoms with E-state index in [4.69, 9.17) is 21.7 Å². The average molecular weight is 510 g/mol. The van der Waals surface area contributed by atoms with Gasteiger partial charge in [0.1, 0.15) is 18.0 Å². The molecule has 36 heavy (non-hydrogen) atoms. The summed E-state index contributed by atoms with van der Waals surface area (Å²) in [7, 11) is 1.47. The molecule has 1 N–H and O–H groups in total. The number of carbonyl (C=O) groups excluding carboxylic acids is 1. The van der Waals surface area contributed by atoms with E-state index in [0.29, 0.717) is 16.5 Å². The van der Waals surface area contributed by atoms with Crippen LogP contribution in [0.25, 0.3) is 5.69 Å². The molecule has 1 aliphatic rings. The number of hydrogen-bond acceptors (Lipinski definition) is 7. The number of methoxy groups -OCH3 is 1. The van der Waals surface area contributed by atoms with Crippen molar-refractivity contribution >= 4 is 29.0 Å². The lowest BCUT2D eigenvalue weighted by Gasteiger charge is -2.27. The van der Waals surface area contributed by atoms with Crippen LogP contribution in [-0.2, 0) is 9.53 Å². The van der Waals surface area contributed by atoms with E-state index in [2.05, 4.69) is 10.3 Å². The number of aryl methyl sites for hydroxylation is 1. The number of nitrogens with zero attached hydrogens (tertiary/aromatic N) is 4. The number of hydrogen-bond donors (Lipinski definition) is 1. The van der Waals surface area contributed by atoms with Crippen LogP contribution in [0.15, 0.2) is 48.7 Å². The molecule has 2 aromatic heterocycles. The van der Waals surface area contributed by atoms with Crippen molar-refractivity contribution in [1.82, 2.24) is 19.8 Å². The first-order valence-corrected chi connectivity index (χ1v) is 11.8. The van der Waals surface area contributed by atoms with Crippen LogP contribution in [0.5, 0.6) is 5.75 Å². The van der Waals surface area contributed by atoms with Crippen LogP contribution in [0.4, 0.5) is 5.69 Å². The molecule has 0 spiro atoms. The van der Waals surface area contributed by atoms with Gasteiger partial charge in [0.2, 0.25) is 0 Å². The van der Waals surface area contributed by atoms with E-state index >= 15 is 0 Å². The molecule has 10 nitrogen and oxygen atoms in total. The zero-order valence-corrected chi connectivity index (χ0v) is 21.2. The van der Waals surface area contributed by atoms with Crippen LogP contribution in [-0.4, -0.2) is 50.7 Å². The molecule has 0 aliphatic carbocycles. The van der Waals surface area contributed by atoms with Crippen molar-refractivity contribution in [2.75, 3.05) is 20.3 Å². The standard InChI is InChI=1S/C25H27N5O5S/c1-5-35-22(31)14-28-24(23(27-25(28)36)19-8-6-7-11-26-19)18-12-15(2)29(16(18)3)20-10-9-17(34-4)13-21(20)30(32)33/h6-13,23-24H,5,14H2,1-4H3,(H,27,36)/t23-,24-/m0/s1. The number of esters is 1. The largest absolute Gasteiger partial charge is 0.496 e. The second kappa shape index (κ2) is 10.3. The van der Waals surface area contributed by atoms with Crippen LogP contribution in [0, 0.1) is 24.0 Å². The maximum Gasteiger partial charge on any atom is 0.325 e. The Morgan fingerprint density at radius 2 is 2.03 bits per heavy atom. The van der Waals surface area contributed by atoms with E-state index < -0.39 is 16.9 Å². The number of carbonyl (C=O) groups is 1. The first-order chi connectivity index (χ1) is 17.3. The number of aromatic nitrogens is 2. The summed E-state index contributed by atoms with van der Waals surface area (Å²) >= 11 is 5.63. The Labute approximate surface area is 214 Å². The molecule has 1 saturated heterocycles. The van der Waals surface area contributed by atoms with E-state index in [1.807, 2.05) is 42.7 Å². The molecule has 3 heterocycles. The zero-order valence-electron chi connectivity index (χ0n) is 20.4. The van der Waals surface area contributed by atoms with E-state index in [1.165, 1.54) is 13.2 Å². The van der Waals surface area contributed by atoms with Gasteiger partial charge in [-0.25, -0.2) is 0 Å². The predicted molar refractivity (Wildman–Crippen MR) is 137 cm³/mol. The lowest BCUT2D eigenvalue weighted by atomic mass is 9.97. The summed E-state index contributed by atoms with van der Waals surface area (Å²) in [5.41, 5.74) is 3.55. The molecule has 0 saturated carbocycles. The van der Waals surface area contributed by atoms with Crippen molar-refractivity contribution in [3.05, 3.63) is 81.4 Å². The van der Waals surface area contributed by atoms with Gasteiger partial charge in [0.15, 0.2) is 5.11 Å². The topological polar surface area (TPSA) is 112 Å². The normalized spacial score (nSPS) is 17.1. The molecule has 0 unspecified atom stereocenters. The van der Waals surface area contributed by atoms with Crippen molar-refractivity contribution in [3.8, 4) is 11.4 Å². The summed E-state index contributed by atoms with van der Waals surface area (Å²) in [5, 5.41) is 15.6. The molecular weight excluding hydrogens is 482 g/mol. The monoisotopic (exact) mass is 509 g/mol. The fourth-order valence-corrected chi connectivity index (χ4v) is 4.99. The maximum absolute atomic E-state index is 12.5. The number of thiocarbonyl (C=S) groups is 1. The average Bonchev–Trinajstić information content (AvgIpc) is 3.34. The van der Waals surface area contributed by atoms with Gasteiger partial charge in [-0.05, 0) is 68.9 Å². The summed E-state index contributed by atoms with van der Waals surface area (Å²) in [5.74, 6) is 0.00206. The summed E-state index contributed by atoms with van der Waals surface area (Å²) in [6.07, 6.45) is 1.70. The number of nitro benzene ring substituents is 1. The molecule has 1 fully saturated rings. The highest BCUT2D eigenvalue weighted by Crippen LogP contribution is 2.42. The third-order valence-electron chi connectivity index (χ3n) is 6.21. The maximum atomic E-state index is 12.5. The summed E-state index contributed by atoms with van der Waals surface area (Å²) in [4.78, 5) is 30.3. The highest BCUT2D eigenvalue weighted by Gasteiger charge is 2.42. The van der Waals surface area contributed by atoms with Gasteiger partial charge in [-0.3, -0.25) is 19.9 Å². The SMILES string of the molecule is CCOC(=O)CN1C(=S)N[C@@H](c2ccccn2)[C@@H]1c1cc(C)n(-c2ccc(OC)cc2[N+](=O)[O-])c1C. The van der Waals surface area contributed by atoms with Crippen LogP contribution in [0.2, 0.25) is 0 Å². The molecular formula is C25H27N5O5S. The molecule has 11 heteroatoms. The van der Waals surface area contributed by atoms with Crippen molar-refractivity contribution in [3.63, 3.8) is 0 Å². The third kappa shape index (κ3) is 4.61. The lowest BCUT2D eigenvalue weighted by molar-refractivity contribution is -0.384. The minimum absolute atomic E-state index is 0.0416. The lowest BCUT2D eigenvalue weighted by Crippen LogP contribution is -2.35. The molecule has 0 amide bonds. The third-order valence-corrected chi connectivity index (χ3v) is 6.56. The first-order valence-electron chi connectivity index (χ1n) is 11.4. The van der Waals surface area contributed by atoms with E-state index in [-0.39, 0.29) is 24.9 Å². The van der Waals surface area contributed by atoms with Crippen molar-refractivity contribution in [1.29, 1.82) is 0 Å². The van der Waals surface area contributed by atoms with Gasteiger partial charge in [0.25, 0.3) is 5.69 Å². The van der Waals surface area contributed by atoms with Crippen LogP contribution < -0.4 is 10.1 Å². The number of pyridine rings is 1. The molecule has 2 atom stereocenters. The van der Waals surface area contributed by atoms with E-state index in [9.17, 15) is 14.9 Å². The Bertz CT molecular complexity index is 1310. The quantitative estimate of drug-likeness (QED) is 0.209. The minimum atomic E-state index is -0.424. The van der Waals surface area contributed by atoms with Crippen LogP contribution >= 0.6 is 12.2 Å². The molecule has 1 aliphatic heterocycles. The second-order valence-electron chi connectivity index (χ2n) is 8.33. The van der Waals surface area contributed by atoms with Gasteiger partial charge in [0, 0.05) is 17.6 Å². The van der Waals surface area contributed by atoms with Gasteiger partial charge in [-0.15, -0.1) is 0 Å². The van der Waals surface area contributed by atoms with Crippen molar-refractivity contribution in [2.45, 2.75) is 32.9 Å². The zero-order chi connectivity index (χ0) is 26.0. The van der Waals surface area contributed by atoms with Gasteiger partial charge in [0.05, 0.1) is 42.5 Å². The number of nitro groups is 1. The molecule has 1 aromatic carbocycles. The van der Waals surface area contributed by atoms with Gasteiger partial charge in [-0.1, -0.05) is 6.07 Å². The highest BCUT2D eigenvalue weighted by atomic mass is 32.1. The predicted octanol–water partition coefficient (Wildman–Crippen LogP) is 3.94. The molecule has 4 rings (SSSR count). The van der Waals surface area contributed by atoms with Gasteiger partial charge >= 0.3 is 5.97 Å². The fraction of sp³-hybridized carbons (Fsp3) is 0.320. The van der Waals surface area contributed by atoms with Gasteiger partial charge in [-0.2, -0.15) is 0 Å². The number of ether oxygens (including phenoxy) is 2. The summed E-state index contributed by atoms with van der Waals surface area (Å²) in [6.45, 7) is 5.76. The fourth-order valence-electron chi connectivity index (χ4n) is 4.68. The highest BCUT2D eigenvalue weighted by molar-refractivity contribution is 7.80. The Morgan fingerprint density at radius 3 is 2.67 bits per heavy atom. The number of benzene rings is 1. The van der Waals surface area contributed by atoms with Crippen molar-refractivity contribution in [2.24, 2.45) is 0 Å². The van der Waals surface area contributed by atoms with E-state index in [1.54, 1.807) is 30.2 Å². The Balaban J connectivity index is 1.86. The van der Waals surface area contributed by atoms with Crippen LogP contribution in [0.3, 0.4) is 0 Å². The van der Waals surface area contributed by atoms with Gasteiger partial charge < -0.3 is 24.3 Å². The second-order valence-corrected chi connectivity index (χ2v) is 8.72. The number of nitrogens with one attached hydrogen (secondary N) is 1. The Hall–Kier alpha value is -3.99. The van der Waals surface area contributed by atoms with E-state index in [0.717, 1.165) is 22.6 Å². The molecule has 3 aromatic rings. The molecule has 0 radical (unpaired) electrons. The molecule has 0 bridgehead atoms. The smallest absolute Gasteiger partial charge is 0.325 e. The number of rotatable bonds is 8. The van der Waals surface area contributed by atoms with Crippen molar-refractivity contribution < 1.29 is 19.2 Å². The van der Waals surface area contributed by atoms with Crippen LogP contribution in [0.1, 0.15) is 41.7 Å². The summed E-state index contributed by atoms with van der Waals surface area (Å²) in [6, 6.07) is 11.6. The minimum Gasteiger partial charge on any atom is -0.496 e. The first kappa shape index (κ1) is 25.1. The summed E-state index contributed by atoms with van der Waals surface area (Å²) < 4.78 is 12.2. The Morgan fingerprint density at radius 1 is 1.25 bits per heavy atom. The molecule has 188 valence electrons.